The van der Waals surface area contributed by atoms with E-state index in [4.69, 9.17) is 0 Å². The first-order valence-corrected chi connectivity index (χ1v) is 6.16. The van der Waals surface area contributed by atoms with E-state index in [1.807, 2.05) is 0 Å². The van der Waals surface area contributed by atoms with Gasteiger partial charge in [0.15, 0.2) is 11.6 Å². The topological polar surface area (TPSA) is 41.1 Å². The van der Waals surface area contributed by atoms with E-state index < -0.39 is 17.2 Å². The van der Waals surface area contributed by atoms with E-state index in [1.54, 1.807) is 0 Å². The van der Waals surface area contributed by atoms with Gasteiger partial charge in [-0.1, -0.05) is 12.8 Å². The van der Waals surface area contributed by atoms with Crippen LogP contribution in [0, 0.1) is 11.6 Å². The summed E-state index contributed by atoms with van der Waals surface area (Å²) in [5, 5.41) is 5.71. The fourth-order valence-corrected chi connectivity index (χ4v) is 2.94. The molecule has 0 bridgehead atoms. The van der Waals surface area contributed by atoms with E-state index in [0.29, 0.717) is 12.1 Å². The molecule has 0 aromatic heterocycles. The molecular weight excluding hydrogens is 238 g/mol. The molecule has 0 radical (unpaired) electrons. The maximum absolute atomic E-state index is 13.8. The van der Waals surface area contributed by atoms with Gasteiger partial charge in [0.25, 0.3) is 0 Å². The van der Waals surface area contributed by atoms with Gasteiger partial charge < -0.3 is 10.6 Å². The summed E-state index contributed by atoms with van der Waals surface area (Å²) in [6, 6.07) is 2.43. The van der Waals surface area contributed by atoms with Crippen LogP contribution in [0.1, 0.15) is 32.1 Å². The number of halogens is 2. The first-order valence-electron chi connectivity index (χ1n) is 6.16. The molecule has 2 aliphatic rings. The molecule has 2 N–H and O–H groups in total. The average Bonchev–Trinajstić information content (AvgIpc) is 2.70. The van der Waals surface area contributed by atoms with E-state index in [-0.39, 0.29) is 11.6 Å². The lowest BCUT2D eigenvalue weighted by Gasteiger charge is -2.28. The van der Waals surface area contributed by atoms with Crippen LogP contribution < -0.4 is 10.6 Å². The van der Waals surface area contributed by atoms with Gasteiger partial charge in [0.1, 0.15) is 0 Å². The molecule has 5 heteroatoms. The Kier molecular flexibility index (Phi) is 2.50. The number of benzene rings is 1. The standard InChI is InChI=1S/C13H14F2N2O/c14-8-3-4-9-12(11(8)15)17-13(5-1-2-6-13)7-10(18)16-9/h3-4,17H,1-2,5-7H2,(H,16,18). The summed E-state index contributed by atoms with van der Waals surface area (Å²) in [4.78, 5) is 11.8. The number of hydrogen-bond acceptors (Lipinski definition) is 2. The highest BCUT2D eigenvalue weighted by molar-refractivity contribution is 5.97. The molecular formula is C13H14F2N2O. The molecule has 1 spiro atoms. The quantitative estimate of drug-likeness (QED) is 0.745. The Morgan fingerprint density at radius 3 is 2.61 bits per heavy atom. The van der Waals surface area contributed by atoms with E-state index in [9.17, 15) is 13.6 Å². The minimum atomic E-state index is -0.916. The summed E-state index contributed by atoms with van der Waals surface area (Å²) in [6.07, 6.45) is 3.95. The average molecular weight is 252 g/mol. The van der Waals surface area contributed by atoms with Crippen LogP contribution in [-0.2, 0) is 4.79 Å². The van der Waals surface area contributed by atoms with Crippen molar-refractivity contribution >= 4 is 17.3 Å². The largest absolute Gasteiger partial charge is 0.375 e. The number of rotatable bonds is 0. The summed E-state index contributed by atoms with van der Waals surface area (Å²) in [5.41, 5.74) is -0.00493. The Morgan fingerprint density at radius 1 is 1.17 bits per heavy atom. The molecule has 1 aromatic carbocycles. The zero-order valence-electron chi connectivity index (χ0n) is 9.85. The van der Waals surface area contributed by atoms with Crippen LogP contribution >= 0.6 is 0 Å². The van der Waals surface area contributed by atoms with Crippen LogP contribution in [0.25, 0.3) is 0 Å². The predicted octanol–water partition coefficient (Wildman–Crippen LogP) is 3.03. The monoisotopic (exact) mass is 252 g/mol. The molecule has 1 heterocycles. The van der Waals surface area contributed by atoms with Gasteiger partial charge in [0.05, 0.1) is 11.4 Å². The summed E-state index contributed by atoms with van der Waals surface area (Å²) in [7, 11) is 0. The van der Waals surface area contributed by atoms with E-state index in [0.717, 1.165) is 31.7 Å². The van der Waals surface area contributed by atoms with Crippen LogP contribution in [-0.4, -0.2) is 11.4 Å². The van der Waals surface area contributed by atoms with Crippen LogP contribution in [0.15, 0.2) is 12.1 Å². The molecule has 0 saturated heterocycles. The van der Waals surface area contributed by atoms with E-state index in [1.165, 1.54) is 6.07 Å². The first-order chi connectivity index (χ1) is 8.60. The zero-order valence-corrected chi connectivity index (χ0v) is 9.85. The summed E-state index contributed by atoms with van der Waals surface area (Å²) in [5.74, 6) is -1.96. The van der Waals surface area contributed by atoms with Gasteiger partial charge >= 0.3 is 0 Å². The van der Waals surface area contributed by atoms with Crippen molar-refractivity contribution in [2.45, 2.75) is 37.6 Å². The third-order valence-electron chi connectivity index (χ3n) is 3.82. The van der Waals surface area contributed by atoms with Crippen molar-refractivity contribution in [1.29, 1.82) is 0 Å². The third-order valence-corrected chi connectivity index (χ3v) is 3.82. The second-order valence-electron chi connectivity index (χ2n) is 5.12. The molecule has 96 valence electrons. The maximum atomic E-state index is 13.8. The van der Waals surface area contributed by atoms with Gasteiger partial charge in [-0.3, -0.25) is 4.79 Å². The Bertz CT molecular complexity index is 510. The van der Waals surface area contributed by atoms with Gasteiger partial charge in [-0.15, -0.1) is 0 Å². The van der Waals surface area contributed by atoms with Gasteiger partial charge in [-0.25, -0.2) is 8.78 Å². The highest BCUT2D eigenvalue weighted by Crippen LogP contribution is 2.41. The molecule has 1 aromatic rings. The molecule has 0 unspecified atom stereocenters. The Labute approximate surface area is 104 Å². The van der Waals surface area contributed by atoms with Gasteiger partial charge in [-0.2, -0.15) is 0 Å². The van der Waals surface area contributed by atoms with E-state index in [2.05, 4.69) is 10.6 Å². The Morgan fingerprint density at radius 2 is 1.89 bits per heavy atom. The van der Waals surface area contributed by atoms with Crippen molar-refractivity contribution in [2.24, 2.45) is 0 Å². The van der Waals surface area contributed by atoms with Crippen LogP contribution in [0.4, 0.5) is 20.2 Å². The fourth-order valence-electron chi connectivity index (χ4n) is 2.94. The third kappa shape index (κ3) is 1.74. The number of hydrogen-bond donors (Lipinski definition) is 2. The lowest BCUT2D eigenvalue weighted by molar-refractivity contribution is -0.117. The molecule has 3 nitrogen and oxygen atoms in total. The number of nitrogens with one attached hydrogen (secondary N) is 2. The minimum Gasteiger partial charge on any atom is -0.375 e. The van der Waals surface area contributed by atoms with Crippen molar-refractivity contribution in [3.8, 4) is 0 Å². The second-order valence-corrected chi connectivity index (χ2v) is 5.12. The second kappa shape index (κ2) is 3.93. The molecule has 1 fully saturated rings. The SMILES string of the molecule is O=C1CC2(CCCC2)Nc2c(ccc(F)c2F)N1. The number of carbonyl (C=O) groups is 1. The van der Waals surface area contributed by atoms with Crippen molar-refractivity contribution in [1.82, 2.24) is 0 Å². The highest BCUT2D eigenvalue weighted by atomic mass is 19.2. The molecule has 0 atom stereocenters. The Balaban J connectivity index is 2.08. The Hall–Kier alpha value is -1.65. The smallest absolute Gasteiger partial charge is 0.226 e. The van der Waals surface area contributed by atoms with Gasteiger partial charge in [0.2, 0.25) is 5.91 Å². The molecule has 1 amide bonds. The molecule has 18 heavy (non-hydrogen) atoms. The van der Waals surface area contributed by atoms with E-state index >= 15 is 0 Å². The number of amides is 1. The summed E-state index contributed by atoms with van der Waals surface area (Å²) >= 11 is 0. The first kappa shape index (κ1) is 11.4. The van der Waals surface area contributed by atoms with Crippen LogP contribution in [0.5, 0.6) is 0 Å². The predicted molar refractivity (Wildman–Crippen MR) is 64.4 cm³/mol. The molecule has 1 saturated carbocycles. The summed E-state index contributed by atoms with van der Waals surface area (Å²) in [6.45, 7) is 0. The van der Waals surface area contributed by atoms with Crippen molar-refractivity contribution in [3.63, 3.8) is 0 Å². The van der Waals surface area contributed by atoms with Gasteiger partial charge in [0, 0.05) is 12.0 Å². The van der Waals surface area contributed by atoms with Crippen molar-refractivity contribution < 1.29 is 13.6 Å². The highest BCUT2D eigenvalue weighted by Gasteiger charge is 2.39. The van der Waals surface area contributed by atoms with Crippen molar-refractivity contribution in [2.75, 3.05) is 10.6 Å². The maximum Gasteiger partial charge on any atom is 0.226 e. The molecule has 1 aliphatic carbocycles. The minimum absolute atomic E-state index is 0.0859. The van der Waals surface area contributed by atoms with Crippen LogP contribution in [0.3, 0.4) is 0 Å². The van der Waals surface area contributed by atoms with Crippen LogP contribution in [0.2, 0.25) is 0 Å². The number of anilines is 2. The number of carbonyl (C=O) groups excluding carboxylic acids is 1. The molecule has 1 aliphatic heterocycles. The summed E-state index contributed by atoms with van der Waals surface area (Å²) < 4.78 is 27.1. The van der Waals surface area contributed by atoms with Crippen molar-refractivity contribution in [3.05, 3.63) is 23.8 Å². The lowest BCUT2D eigenvalue weighted by Crippen LogP contribution is -2.37. The molecule has 3 rings (SSSR count). The fraction of sp³-hybridized carbons (Fsp3) is 0.462. The van der Waals surface area contributed by atoms with Gasteiger partial charge in [-0.05, 0) is 25.0 Å². The lowest BCUT2D eigenvalue weighted by atomic mass is 9.93. The number of fused-ring (bicyclic) bond motifs is 1. The zero-order chi connectivity index (χ0) is 12.8. The normalized spacial score (nSPS) is 21.1.